The van der Waals surface area contributed by atoms with E-state index >= 15 is 0 Å². The number of nitrogens with zero attached hydrogens (tertiary/aromatic N) is 5. The number of anilines is 2. The molecule has 8 heteroatoms. The van der Waals surface area contributed by atoms with E-state index in [-0.39, 0.29) is 11.6 Å². The van der Waals surface area contributed by atoms with E-state index in [0.717, 1.165) is 31.0 Å². The van der Waals surface area contributed by atoms with Gasteiger partial charge in [-0.25, -0.2) is 9.36 Å². The molecular formula is C15H15N7O. The Morgan fingerprint density at radius 2 is 2.13 bits per heavy atom. The van der Waals surface area contributed by atoms with Crippen molar-refractivity contribution in [2.45, 2.75) is 13.0 Å². The highest BCUT2D eigenvalue weighted by molar-refractivity contribution is 6.04. The molecule has 0 aliphatic carbocycles. The fraction of sp³-hybridized carbons (Fsp3) is 0.200. The average molecular weight is 309 g/mol. The minimum Gasteiger partial charge on any atom is -0.368 e. The second-order valence-corrected chi connectivity index (χ2v) is 5.25. The number of hydrogen-bond donors (Lipinski definition) is 2. The second kappa shape index (κ2) is 5.56. The van der Waals surface area contributed by atoms with Crippen molar-refractivity contribution in [3.8, 4) is 5.69 Å². The van der Waals surface area contributed by atoms with Crippen LogP contribution >= 0.6 is 0 Å². The summed E-state index contributed by atoms with van der Waals surface area (Å²) in [5.74, 6) is 0.524. The van der Waals surface area contributed by atoms with Gasteiger partial charge >= 0.3 is 0 Å². The summed E-state index contributed by atoms with van der Waals surface area (Å²) in [6.07, 6.45) is 4.27. The predicted molar refractivity (Wildman–Crippen MR) is 84.6 cm³/mol. The first-order valence-electron chi connectivity index (χ1n) is 7.40. The van der Waals surface area contributed by atoms with Crippen LogP contribution in [0.3, 0.4) is 0 Å². The van der Waals surface area contributed by atoms with Crippen molar-refractivity contribution in [3.63, 3.8) is 0 Å². The zero-order valence-electron chi connectivity index (χ0n) is 12.3. The standard InChI is InChI=1S/C15H15N7O/c23-15(18-12-9-17-21-8-4-7-16-14(12)21)13-10-22(20-19-13)11-5-2-1-3-6-11/h1-3,5-6,9-10,16H,4,7-8H2,(H,18,23). The summed E-state index contributed by atoms with van der Waals surface area (Å²) in [5.41, 5.74) is 1.76. The fourth-order valence-electron chi connectivity index (χ4n) is 2.53. The van der Waals surface area contributed by atoms with E-state index in [2.05, 4.69) is 26.0 Å². The van der Waals surface area contributed by atoms with Gasteiger partial charge in [-0.3, -0.25) is 4.79 Å². The fourth-order valence-corrected chi connectivity index (χ4v) is 2.53. The van der Waals surface area contributed by atoms with Crippen molar-refractivity contribution in [2.24, 2.45) is 0 Å². The maximum atomic E-state index is 12.4. The van der Waals surface area contributed by atoms with Gasteiger partial charge in [0, 0.05) is 13.1 Å². The number of nitrogens with one attached hydrogen (secondary N) is 2. The molecule has 3 heterocycles. The summed E-state index contributed by atoms with van der Waals surface area (Å²) in [7, 11) is 0. The lowest BCUT2D eigenvalue weighted by atomic mass is 10.3. The number of fused-ring (bicyclic) bond motifs is 1. The molecule has 2 aromatic heterocycles. The molecule has 1 aliphatic heterocycles. The SMILES string of the molecule is O=C(Nc1cnn2c1NCCC2)c1cn(-c2ccccc2)nn1. The smallest absolute Gasteiger partial charge is 0.278 e. The second-order valence-electron chi connectivity index (χ2n) is 5.25. The third-order valence-electron chi connectivity index (χ3n) is 3.67. The van der Waals surface area contributed by atoms with Crippen molar-refractivity contribution in [1.29, 1.82) is 0 Å². The van der Waals surface area contributed by atoms with Crippen LogP contribution in [0.1, 0.15) is 16.9 Å². The van der Waals surface area contributed by atoms with E-state index in [1.807, 2.05) is 35.0 Å². The van der Waals surface area contributed by atoms with Crippen LogP contribution in [0, 0.1) is 0 Å². The van der Waals surface area contributed by atoms with E-state index in [9.17, 15) is 4.79 Å². The molecule has 8 nitrogen and oxygen atoms in total. The van der Waals surface area contributed by atoms with Gasteiger partial charge in [-0.15, -0.1) is 5.10 Å². The first-order valence-corrected chi connectivity index (χ1v) is 7.40. The molecule has 1 amide bonds. The van der Waals surface area contributed by atoms with Gasteiger partial charge in [-0.2, -0.15) is 5.10 Å². The van der Waals surface area contributed by atoms with Gasteiger partial charge in [-0.05, 0) is 18.6 Å². The molecule has 0 atom stereocenters. The number of hydrogen-bond acceptors (Lipinski definition) is 5. The monoisotopic (exact) mass is 309 g/mol. The molecule has 1 aliphatic rings. The van der Waals surface area contributed by atoms with Gasteiger partial charge in [0.2, 0.25) is 0 Å². The summed E-state index contributed by atoms with van der Waals surface area (Å²) < 4.78 is 3.42. The minimum absolute atomic E-state index is 0.254. The normalized spacial score (nSPS) is 13.2. The van der Waals surface area contributed by atoms with E-state index in [4.69, 9.17) is 0 Å². The lowest BCUT2D eigenvalue weighted by Gasteiger charge is -2.16. The summed E-state index contributed by atoms with van der Waals surface area (Å²) in [4.78, 5) is 12.4. The van der Waals surface area contributed by atoms with Crippen LogP contribution in [0.15, 0.2) is 42.7 Å². The van der Waals surface area contributed by atoms with Crippen molar-refractivity contribution >= 4 is 17.4 Å². The lowest BCUT2D eigenvalue weighted by Crippen LogP contribution is -2.19. The van der Waals surface area contributed by atoms with E-state index in [0.29, 0.717) is 5.69 Å². The lowest BCUT2D eigenvalue weighted by molar-refractivity contribution is 0.102. The molecule has 0 spiro atoms. The van der Waals surface area contributed by atoms with Crippen molar-refractivity contribution in [3.05, 3.63) is 48.4 Å². The maximum Gasteiger partial charge on any atom is 0.278 e. The topological polar surface area (TPSA) is 89.7 Å². The van der Waals surface area contributed by atoms with Crippen LogP contribution in [0.2, 0.25) is 0 Å². The Morgan fingerprint density at radius 1 is 1.26 bits per heavy atom. The highest BCUT2D eigenvalue weighted by atomic mass is 16.2. The van der Waals surface area contributed by atoms with Gasteiger partial charge in [0.25, 0.3) is 5.91 Å². The molecule has 0 saturated heterocycles. The highest BCUT2D eigenvalue weighted by Gasteiger charge is 2.18. The minimum atomic E-state index is -0.310. The largest absolute Gasteiger partial charge is 0.368 e. The molecule has 116 valence electrons. The van der Waals surface area contributed by atoms with Crippen molar-refractivity contribution < 1.29 is 4.79 Å². The number of aryl methyl sites for hydroxylation is 1. The first kappa shape index (κ1) is 13.5. The molecule has 0 radical (unpaired) electrons. The van der Waals surface area contributed by atoms with Crippen molar-refractivity contribution in [2.75, 3.05) is 17.2 Å². The number of rotatable bonds is 3. The first-order chi connectivity index (χ1) is 11.3. The third-order valence-corrected chi connectivity index (χ3v) is 3.67. The van der Waals surface area contributed by atoms with Crippen molar-refractivity contribution in [1.82, 2.24) is 24.8 Å². The summed E-state index contributed by atoms with van der Waals surface area (Å²) >= 11 is 0. The molecule has 0 bridgehead atoms. The van der Waals surface area contributed by atoms with Crippen LogP contribution in [0.5, 0.6) is 0 Å². The number of benzene rings is 1. The van der Waals surface area contributed by atoms with Crippen LogP contribution in [-0.4, -0.2) is 37.2 Å². The summed E-state index contributed by atoms with van der Waals surface area (Å²) in [6.45, 7) is 1.72. The molecular weight excluding hydrogens is 294 g/mol. The molecule has 0 unspecified atom stereocenters. The third kappa shape index (κ3) is 2.54. The zero-order valence-corrected chi connectivity index (χ0v) is 12.3. The van der Waals surface area contributed by atoms with Crippen LogP contribution in [0.25, 0.3) is 5.69 Å². The maximum absolute atomic E-state index is 12.4. The zero-order chi connectivity index (χ0) is 15.6. The van der Waals surface area contributed by atoms with E-state index in [1.165, 1.54) is 0 Å². The number of carbonyl (C=O) groups is 1. The summed E-state index contributed by atoms with van der Waals surface area (Å²) in [6, 6.07) is 9.52. The predicted octanol–water partition coefficient (Wildman–Crippen LogP) is 1.53. The molecule has 1 aromatic carbocycles. The number of aromatic nitrogens is 5. The number of amides is 1. The van der Waals surface area contributed by atoms with Gasteiger partial charge in [-0.1, -0.05) is 23.4 Å². The molecule has 0 fully saturated rings. The molecule has 2 N–H and O–H groups in total. The average Bonchev–Trinajstić information content (AvgIpc) is 3.24. The Kier molecular flexibility index (Phi) is 3.26. The van der Waals surface area contributed by atoms with E-state index in [1.54, 1.807) is 17.1 Å². The van der Waals surface area contributed by atoms with Gasteiger partial charge in [0.15, 0.2) is 5.69 Å². The van der Waals surface area contributed by atoms with E-state index < -0.39 is 0 Å². The Hall–Kier alpha value is -3.16. The Bertz CT molecular complexity index is 837. The quantitative estimate of drug-likeness (QED) is 0.766. The Labute approximate surface area is 132 Å². The van der Waals surface area contributed by atoms with Crippen LogP contribution in [-0.2, 0) is 6.54 Å². The van der Waals surface area contributed by atoms with Crippen LogP contribution < -0.4 is 10.6 Å². The number of carbonyl (C=O) groups excluding carboxylic acids is 1. The molecule has 4 rings (SSSR count). The Morgan fingerprint density at radius 3 is 3.00 bits per heavy atom. The molecule has 23 heavy (non-hydrogen) atoms. The van der Waals surface area contributed by atoms with Gasteiger partial charge in [0.1, 0.15) is 11.5 Å². The highest BCUT2D eigenvalue weighted by Crippen LogP contribution is 2.24. The van der Waals surface area contributed by atoms with Gasteiger partial charge in [0.05, 0.1) is 18.1 Å². The molecule has 0 saturated carbocycles. The Balaban J connectivity index is 1.54. The van der Waals surface area contributed by atoms with Gasteiger partial charge < -0.3 is 10.6 Å². The summed E-state index contributed by atoms with van der Waals surface area (Å²) in [5, 5.41) is 18.3. The molecule has 3 aromatic rings. The van der Waals surface area contributed by atoms with Crippen LogP contribution in [0.4, 0.5) is 11.5 Å². The number of para-hydroxylation sites is 1.